The summed E-state index contributed by atoms with van der Waals surface area (Å²) >= 11 is 0. The molecule has 4 rings (SSSR count). The first-order chi connectivity index (χ1) is 17.8. The van der Waals surface area contributed by atoms with Crippen molar-refractivity contribution in [1.29, 1.82) is 0 Å². The van der Waals surface area contributed by atoms with Gasteiger partial charge in [-0.3, -0.25) is 9.59 Å². The number of ether oxygens (including phenoxy) is 1. The molecular formula is C24H19F7N4O3. The molecule has 0 spiro atoms. The number of aromatic nitrogens is 2. The van der Waals surface area contributed by atoms with Crippen molar-refractivity contribution in [1.82, 2.24) is 15.1 Å². The minimum Gasteiger partial charge on any atom is -0.356 e. The lowest BCUT2D eigenvalue weighted by Gasteiger charge is -2.23. The third kappa shape index (κ3) is 6.30. The zero-order chi connectivity index (χ0) is 27.7. The molecule has 202 valence electrons. The van der Waals surface area contributed by atoms with Crippen molar-refractivity contribution in [3.05, 3.63) is 66.0 Å². The van der Waals surface area contributed by atoms with Crippen LogP contribution < -0.4 is 10.6 Å². The molecule has 2 amide bonds. The molecule has 38 heavy (non-hydrogen) atoms. The second-order valence-electron chi connectivity index (χ2n) is 8.47. The van der Waals surface area contributed by atoms with Crippen LogP contribution >= 0.6 is 0 Å². The Bertz CT molecular complexity index is 1310. The standard InChI is InChI=1S/C24H19F7N4O3/c25-16-4-6-17(7-5-16)35-18(10-19(34-35)33-21(37)15-9-20(36)32-11-15)14-3-1-2-13(8-14)12-38-22(23(26,27)28)24(29,30)31/h1-8,10,15,22H,9,11-12H2,(H,32,36)(H,33,34,37)/t15-/m0/s1. The smallest absolute Gasteiger partial charge is 0.356 e. The van der Waals surface area contributed by atoms with Gasteiger partial charge in [0.25, 0.3) is 0 Å². The largest absolute Gasteiger partial charge is 0.423 e. The minimum atomic E-state index is -5.65. The number of hydrogen-bond acceptors (Lipinski definition) is 4. The molecule has 0 radical (unpaired) electrons. The second-order valence-corrected chi connectivity index (χ2v) is 8.47. The minimum absolute atomic E-state index is 0.00372. The molecule has 0 unspecified atom stereocenters. The van der Waals surface area contributed by atoms with Crippen LogP contribution in [0.25, 0.3) is 16.9 Å². The molecule has 0 bridgehead atoms. The number of nitrogens with one attached hydrogen (secondary N) is 2. The van der Waals surface area contributed by atoms with Gasteiger partial charge in [0.1, 0.15) is 5.82 Å². The second kappa shape index (κ2) is 10.4. The van der Waals surface area contributed by atoms with E-state index < -0.39 is 42.7 Å². The lowest BCUT2D eigenvalue weighted by molar-refractivity contribution is -0.324. The van der Waals surface area contributed by atoms with Crippen LogP contribution in [-0.4, -0.2) is 46.6 Å². The Balaban J connectivity index is 1.64. The predicted octanol–water partition coefficient (Wildman–Crippen LogP) is 4.76. The molecule has 7 nitrogen and oxygen atoms in total. The third-order valence-electron chi connectivity index (χ3n) is 5.61. The Morgan fingerprint density at radius 1 is 1.08 bits per heavy atom. The van der Waals surface area contributed by atoms with Gasteiger partial charge < -0.3 is 15.4 Å². The van der Waals surface area contributed by atoms with E-state index in [1.165, 1.54) is 47.1 Å². The molecule has 0 aliphatic carbocycles. The van der Waals surface area contributed by atoms with Crippen LogP contribution in [0.5, 0.6) is 0 Å². The average molecular weight is 544 g/mol. The van der Waals surface area contributed by atoms with Crippen LogP contribution in [0.3, 0.4) is 0 Å². The fourth-order valence-electron chi connectivity index (χ4n) is 3.82. The Morgan fingerprint density at radius 3 is 2.37 bits per heavy atom. The van der Waals surface area contributed by atoms with Crippen molar-refractivity contribution < 1.29 is 45.1 Å². The number of amides is 2. The van der Waals surface area contributed by atoms with Crippen LogP contribution in [0.4, 0.5) is 36.6 Å². The Morgan fingerprint density at radius 2 is 1.76 bits per heavy atom. The van der Waals surface area contributed by atoms with Crippen LogP contribution in [0.2, 0.25) is 0 Å². The molecule has 14 heteroatoms. The molecule has 1 aliphatic heterocycles. The predicted molar refractivity (Wildman–Crippen MR) is 119 cm³/mol. The number of rotatable bonds is 7. The number of halogens is 7. The van der Waals surface area contributed by atoms with Gasteiger partial charge in [-0.1, -0.05) is 18.2 Å². The number of benzene rings is 2. The van der Waals surface area contributed by atoms with E-state index in [0.717, 1.165) is 12.1 Å². The van der Waals surface area contributed by atoms with Crippen molar-refractivity contribution in [3.8, 4) is 16.9 Å². The molecule has 1 aliphatic rings. The summed E-state index contributed by atoms with van der Waals surface area (Å²) in [6.45, 7) is -0.844. The number of anilines is 1. The molecule has 1 saturated heterocycles. The van der Waals surface area contributed by atoms with Crippen LogP contribution in [-0.2, 0) is 20.9 Å². The Labute approximate surface area is 210 Å². The van der Waals surface area contributed by atoms with E-state index in [-0.39, 0.29) is 35.9 Å². The van der Waals surface area contributed by atoms with E-state index in [1.54, 1.807) is 0 Å². The third-order valence-corrected chi connectivity index (χ3v) is 5.61. The first-order valence-corrected chi connectivity index (χ1v) is 11.1. The fraction of sp³-hybridized carbons (Fsp3) is 0.292. The average Bonchev–Trinajstić information content (AvgIpc) is 3.45. The molecule has 2 heterocycles. The zero-order valence-corrected chi connectivity index (χ0v) is 19.2. The summed E-state index contributed by atoms with van der Waals surface area (Å²) in [5, 5.41) is 9.45. The normalized spacial score (nSPS) is 16.1. The SMILES string of the molecule is O=C1C[C@H](C(=O)Nc2cc(-c3cccc(COC(C(F)(F)F)C(F)(F)F)c3)n(-c3ccc(F)cc3)n2)CN1. The number of alkyl halides is 6. The van der Waals surface area contributed by atoms with Crippen molar-refractivity contribution in [2.75, 3.05) is 11.9 Å². The van der Waals surface area contributed by atoms with Crippen molar-refractivity contribution in [2.45, 2.75) is 31.5 Å². The first-order valence-electron chi connectivity index (χ1n) is 11.1. The van der Waals surface area contributed by atoms with Gasteiger partial charge in [-0.25, -0.2) is 9.07 Å². The van der Waals surface area contributed by atoms with Crippen LogP contribution in [0.15, 0.2) is 54.6 Å². The first kappa shape index (κ1) is 27.1. The summed E-state index contributed by atoms with van der Waals surface area (Å²) in [6.07, 6.45) is -15.3. The molecule has 1 atom stereocenters. The van der Waals surface area contributed by atoms with Gasteiger partial charge in [0.05, 0.1) is 23.9 Å². The van der Waals surface area contributed by atoms with Gasteiger partial charge in [-0.05, 0) is 35.9 Å². The summed E-state index contributed by atoms with van der Waals surface area (Å²) in [6, 6.07) is 12.1. The highest BCUT2D eigenvalue weighted by molar-refractivity contribution is 5.97. The Kier molecular flexibility index (Phi) is 7.44. The van der Waals surface area contributed by atoms with E-state index in [9.17, 15) is 40.3 Å². The monoisotopic (exact) mass is 544 g/mol. The highest BCUT2D eigenvalue weighted by Gasteiger charge is 2.57. The maximum Gasteiger partial charge on any atom is 0.423 e. The van der Waals surface area contributed by atoms with Gasteiger partial charge in [0, 0.05) is 24.6 Å². The summed E-state index contributed by atoms with van der Waals surface area (Å²) in [4.78, 5) is 24.0. The molecule has 2 aromatic carbocycles. The van der Waals surface area contributed by atoms with Crippen molar-refractivity contribution >= 4 is 17.6 Å². The summed E-state index contributed by atoms with van der Waals surface area (Å²) in [5.41, 5.74) is 0.971. The van der Waals surface area contributed by atoms with Gasteiger partial charge in [0.15, 0.2) is 5.82 Å². The summed E-state index contributed by atoms with van der Waals surface area (Å²) < 4.78 is 96.0. The maximum absolute atomic E-state index is 13.5. The molecular weight excluding hydrogens is 525 g/mol. The topological polar surface area (TPSA) is 85.2 Å². The van der Waals surface area contributed by atoms with E-state index in [0.29, 0.717) is 11.3 Å². The highest BCUT2D eigenvalue weighted by atomic mass is 19.4. The molecule has 1 fully saturated rings. The summed E-state index contributed by atoms with van der Waals surface area (Å²) in [5.74, 6) is -1.86. The number of nitrogens with zero attached hydrogens (tertiary/aromatic N) is 2. The van der Waals surface area contributed by atoms with Gasteiger partial charge in [-0.2, -0.15) is 26.3 Å². The maximum atomic E-state index is 13.5. The van der Waals surface area contributed by atoms with E-state index in [2.05, 4.69) is 20.5 Å². The van der Waals surface area contributed by atoms with Gasteiger partial charge in [-0.15, -0.1) is 5.10 Å². The number of carbonyl (C=O) groups excluding carboxylic acids is 2. The van der Waals surface area contributed by atoms with Crippen molar-refractivity contribution in [2.24, 2.45) is 5.92 Å². The number of hydrogen-bond donors (Lipinski definition) is 2. The number of carbonyl (C=O) groups is 2. The van der Waals surface area contributed by atoms with E-state index in [4.69, 9.17) is 0 Å². The molecule has 1 aromatic heterocycles. The quantitative estimate of drug-likeness (QED) is 0.420. The van der Waals surface area contributed by atoms with Gasteiger partial charge in [0.2, 0.25) is 17.9 Å². The molecule has 0 saturated carbocycles. The summed E-state index contributed by atoms with van der Waals surface area (Å²) in [7, 11) is 0. The Hall–Kier alpha value is -3.94. The van der Waals surface area contributed by atoms with Crippen LogP contribution in [0.1, 0.15) is 12.0 Å². The molecule has 2 N–H and O–H groups in total. The fourth-order valence-corrected chi connectivity index (χ4v) is 3.82. The molecule has 3 aromatic rings. The zero-order valence-electron chi connectivity index (χ0n) is 19.2. The highest BCUT2D eigenvalue weighted by Crippen LogP contribution is 2.36. The lowest BCUT2D eigenvalue weighted by atomic mass is 10.1. The van der Waals surface area contributed by atoms with Crippen LogP contribution in [0, 0.1) is 11.7 Å². The van der Waals surface area contributed by atoms with E-state index >= 15 is 0 Å². The lowest BCUT2D eigenvalue weighted by Crippen LogP contribution is -2.44. The van der Waals surface area contributed by atoms with Gasteiger partial charge >= 0.3 is 12.4 Å². The van der Waals surface area contributed by atoms with E-state index in [1.807, 2.05) is 0 Å². The van der Waals surface area contributed by atoms with Crippen molar-refractivity contribution in [3.63, 3.8) is 0 Å².